The van der Waals surface area contributed by atoms with Crippen LogP contribution in [0.3, 0.4) is 0 Å². The minimum atomic E-state index is 1.19. The first-order valence-electron chi connectivity index (χ1n) is 7.72. The van der Waals surface area contributed by atoms with Crippen LogP contribution in [0.15, 0.2) is 54.6 Å². The normalized spacial score (nSPS) is 10.7. The second kappa shape index (κ2) is 5.81. The summed E-state index contributed by atoms with van der Waals surface area (Å²) >= 11 is 0. The highest BCUT2D eigenvalue weighted by molar-refractivity contribution is 5.85. The van der Waals surface area contributed by atoms with E-state index in [0.29, 0.717) is 0 Å². The SMILES string of the molecule is Cc1ccc(-c2[c]cccc2-c2ccc(C)cc2C)c(C)c1. The van der Waals surface area contributed by atoms with Crippen LogP contribution < -0.4 is 0 Å². The topological polar surface area (TPSA) is 0 Å². The van der Waals surface area contributed by atoms with E-state index in [2.05, 4.69) is 82.3 Å². The summed E-state index contributed by atoms with van der Waals surface area (Å²) in [5.41, 5.74) is 10.2. The highest BCUT2D eigenvalue weighted by Gasteiger charge is 2.11. The highest BCUT2D eigenvalue weighted by atomic mass is 14.1. The standard InChI is InChI=1S/C22H21/c1-15-9-11-19(17(3)13-15)21-7-5-6-8-22(21)20-12-10-16(2)14-18(20)4/h5-7,9-14H,1-4H3. The molecule has 0 nitrogen and oxygen atoms in total. The van der Waals surface area contributed by atoms with Crippen molar-refractivity contribution in [2.24, 2.45) is 0 Å². The van der Waals surface area contributed by atoms with E-state index >= 15 is 0 Å². The Hall–Kier alpha value is -2.34. The van der Waals surface area contributed by atoms with Crippen molar-refractivity contribution in [2.75, 3.05) is 0 Å². The number of hydrogen-bond acceptors (Lipinski definition) is 0. The zero-order valence-electron chi connectivity index (χ0n) is 13.7. The molecule has 0 heterocycles. The second-order valence-corrected chi connectivity index (χ2v) is 6.10. The van der Waals surface area contributed by atoms with E-state index in [9.17, 15) is 0 Å². The van der Waals surface area contributed by atoms with E-state index in [0.717, 1.165) is 0 Å². The number of aryl methyl sites for hydroxylation is 4. The largest absolute Gasteiger partial charge is 0.0610 e. The maximum Gasteiger partial charge on any atom is -0.00238 e. The van der Waals surface area contributed by atoms with Crippen molar-refractivity contribution in [3.8, 4) is 22.3 Å². The predicted octanol–water partition coefficient (Wildman–Crippen LogP) is 6.05. The molecule has 0 aliphatic rings. The Labute approximate surface area is 133 Å². The minimum Gasteiger partial charge on any atom is -0.0610 e. The first-order valence-corrected chi connectivity index (χ1v) is 7.72. The molecule has 0 spiro atoms. The summed E-state index contributed by atoms with van der Waals surface area (Å²) in [5.74, 6) is 0. The van der Waals surface area contributed by atoms with Crippen LogP contribution in [-0.2, 0) is 0 Å². The summed E-state index contributed by atoms with van der Waals surface area (Å²) in [6.07, 6.45) is 0. The van der Waals surface area contributed by atoms with Gasteiger partial charge in [-0.05, 0) is 67.1 Å². The molecule has 0 bridgehead atoms. The average molecular weight is 285 g/mol. The fraction of sp³-hybridized carbons (Fsp3) is 0.182. The Morgan fingerprint density at radius 2 is 1.23 bits per heavy atom. The van der Waals surface area contributed by atoms with E-state index < -0.39 is 0 Å². The van der Waals surface area contributed by atoms with Crippen molar-refractivity contribution in [3.05, 3.63) is 82.9 Å². The molecule has 0 aromatic heterocycles. The Bertz CT molecular complexity index is 755. The van der Waals surface area contributed by atoms with Gasteiger partial charge in [0.15, 0.2) is 0 Å². The Kier molecular flexibility index (Phi) is 3.85. The molecule has 3 aromatic carbocycles. The summed E-state index contributed by atoms with van der Waals surface area (Å²) < 4.78 is 0. The molecule has 0 N–H and O–H groups in total. The third-order valence-electron chi connectivity index (χ3n) is 4.18. The molecule has 0 saturated heterocycles. The van der Waals surface area contributed by atoms with Crippen molar-refractivity contribution in [1.82, 2.24) is 0 Å². The van der Waals surface area contributed by atoms with Crippen LogP contribution in [0.4, 0.5) is 0 Å². The monoisotopic (exact) mass is 285 g/mol. The maximum absolute atomic E-state index is 3.45. The van der Waals surface area contributed by atoms with Gasteiger partial charge < -0.3 is 0 Å². The Morgan fingerprint density at radius 1 is 0.636 bits per heavy atom. The third-order valence-corrected chi connectivity index (χ3v) is 4.18. The molecular weight excluding hydrogens is 264 g/mol. The molecule has 0 fully saturated rings. The number of hydrogen-bond donors (Lipinski definition) is 0. The molecule has 0 aliphatic heterocycles. The molecule has 0 atom stereocenters. The Morgan fingerprint density at radius 3 is 1.82 bits per heavy atom. The van der Waals surface area contributed by atoms with Crippen LogP contribution in [0.1, 0.15) is 22.3 Å². The molecule has 22 heavy (non-hydrogen) atoms. The van der Waals surface area contributed by atoms with Crippen LogP contribution in [0.5, 0.6) is 0 Å². The molecule has 0 heteroatoms. The van der Waals surface area contributed by atoms with Crippen molar-refractivity contribution in [3.63, 3.8) is 0 Å². The van der Waals surface area contributed by atoms with Crippen molar-refractivity contribution in [2.45, 2.75) is 27.7 Å². The maximum atomic E-state index is 3.45. The lowest BCUT2D eigenvalue weighted by atomic mass is 9.89. The fourth-order valence-electron chi connectivity index (χ4n) is 3.09. The summed E-state index contributed by atoms with van der Waals surface area (Å²) in [6.45, 7) is 8.63. The van der Waals surface area contributed by atoms with Crippen molar-refractivity contribution >= 4 is 0 Å². The summed E-state index contributed by atoms with van der Waals surface area (Å²) in [7, 11) is 0. The Balaban J connectivity index is 2.22. The molecule has 1 radical (unpaired) electrons. The summed E-state index contributed by atoms with van der Waals surface area (Å²) in [4.78, 5) is 0. The van der Waals surface area contributed by atoms with Gasteiger partial charge in [0.05, 0.1) is 0 Å². The average Bonchev–Trinajstić information content (AvgIpc) is 2.48. The first-order chi connectivity index (χ1) is 10.6. The minimum absolute atomic E-state index is 1.19. The second-order valence-electron chi connectivity index (χ2n) is 6.10. The van der Waals surface area contributed by atoms with Gasteiger partial charge >= 0.3 is 0 Å². The lowest BCUT2D eigenvalue weighted by molar-refractivity contribution is 1.36. The van der Waals surface area contributed by atoms with E-state index in [4.69, 9.17) is 0 Å². The predicted molar refractivity (Wildman–Crippen MR) is 95.1 cm³/mol. The van der Waals surface area contributed by atoms with Crippen LogP contribution in [-0.4, -0.2) is 0 Å². The van der Waals surface area contributed by atoms with Gasteiger partial charge in [0, 0.05) is 0 Å². The molecule has 3 aromatic rings. The molecular formula is C22H21. The zero-order chi connectivity index (χ0) is 15.7. The van der Waals surface area contributed by atoms with Crippen molar-refractivity contribution < 1.29 is 0 Å². The van der Waals surface area contributed by atoms with Crippen LogP contribution in [0, 0.1) is 33.8 Å². The lowest BCUT2D eigenvalue weighted by Crippen LogP contribution is -1.91. The third kappa shape index (κ3) is 2.69. The molecule has 109 valence electrons. The van der Waals surface area contributed by atoms with Gasteiger partial charge in [-0.25, -0.2) is 0 Å². The molecule has 0 unspecified atom stereocenters. The van der Waals surface area contributed by atoms with E-state index in [1.54, 1.807) is 0 Å². The quantitative estimate of drug-likeness (QED) is 0.537. The summed E-state index contributed by atoms with van der Waals surface area (Å²) in [6, 6.07) is 23.0. The molecule has 0 aliphatic carbocycles. The van der Waals surface area contributed by atoms with Gasteiger partial charge in [0.25, 0.3) is 0 Å². The molecule has 3 rings (SSSR count). The van der Waals surface area contributed by atoms with Gasteiger partial charge in [-0.1, -0.05) is 65.7 Å². The fourth-order valence-corrected chi connectivity index (χ4v) is 3.09. The van der Waals surface area contributed by atoms with Gasteiger partial charge in [-0.3, -0.25) is 0 Å². The van der Waals surface area contributed by atoms with E-state index in [1.807, 2.05) is 6.07 Å². The highest BCUT2D eigenvalue weighted by Crippen LogP contribution is 2.35. The number of rotatable bonds is 2. The molecule has 0 amide bonds. The molecule has 0 saturated carbocycles. The van der Waals surface area contributed by atoms with Crippen LogP contribution >= 0.6 is 0 Å². The van der Waals surface area contributed by atoms with Crippen LogP contribution in [0.25, 0.3) is 22.3 Å². The smallest absolute Gasteiger partial charge is 0.00238 e. The zero-order valence-corrected chi connectivity index (χ0v) is 13.7. The van der Waals surface area contributed by atoms with Gasteiger partial charge in [-0.2, -0.15) is 0 Å². The lowest BCUT2D eigenvalue weighted by Gasteiger charge is -2.14. The van der Waals surface area contributed by atoms with E-state index in [-0.39, 0.29) is 0 Å². The van der Waals surface area contributed by atoms with Gasteiger partial charge in [-0.15, -0.1) is 0 Å². The summed E-state index contributed by atoms with van der Waals surface area (Å²) in [5, 5.41) is 0. The van der Waals surface area contributed by atoms with Crippen molar-refractivity contribution in [1.29, 1.82) is 0 Å². The van der Waals surface area contributed by atoms with Gasteiger partial charge in [0.1, 0.15) is 0 Å². The van der Waals surface area contributed by atoms with E-state index in [1.165, 1.54) is 44.5 Å². The number of benzene rings is 3. The first kappa shape index (κ1) is 14.6. The van der Waals surface area contributed by atoms with Crippen LogP contribution in [0.2, 0.25) is 0 Å². The van der Waals surface area contributed by atoms with Gasteiger partial charge in [0.2, 0.25) is 0 Å².